The van der Waals surface area contributed by atoms with E-state index in [2.05, 4.69) is 5.43 Å². The third-order valence-corrected chi connectivity index (χ3v) is 2.78. The van der Waals surface area contributed by atoms with Crippen LogP contribution in [0.25, 0.3) is 0 Å². The van der Waals surface area contributed by atoms with Crippen LogP contribution in [-0.4, -0.2) is 0 Å². The van der Waals surface area contributed by atoms with E-state index in [1.807, 2.05) is 12.1 Å². The molecule has 3 N–H and O–H groups in total. The average molecular weight is 234 g/mol. The number of rotatable bonds is 4. The molecule has 0 aliphatic carbocycles. The lowest BCUT2D eigenvalue weighted by Crippen LogP contribution is -2.30. The predicted molar refractivity (Wildman–Crippen MR) is 63.6 cm³/mol. The van der Waals surface area contributed by atoms with E-state index >= 15 is 0 Å². The summed E-state index contributed by atoms with van der Waals surface area (Å²) in [6.07, 6.45) is 2.11. The van der Waals surface area contributed by atoms with Crippen molar-refractivity contribution >= 4 is 0 Å². The number of aryl methyl sites for hydroxylation is 1. The van der Waals surface area contributed by atoms with Crippen molar-refractivity contribution in [3.05, 3.63) is 59.3 Å². The van der Waals surface area contributed by atoms with E-state index in [9.17, 15) is 4.39 Å². The van der Waals surface area contributed by atoms with Crippen LogP contribution in [0.4, 0.5) is 4.39 Å². The average Bonchev–Trinajstić information content (AvgIpc) is 2.83. The van der Waals surface area contributed by atoms with E-state index in [0.717, 1.165) is 5.76 Å². The Bertz CT molecular complexity index is 482. The van der Waals surface area contributed by atoms with Gasteiger partial charge >= 0.3 is 0 Å². The lowest BCUT2D eigenvalue weighted by molar-refractivity contribution is 0.443. The fraction of sp³-hybridized carbons (Fsp3) is 0.231. The van der Waals surface area contributed by atoms with Gasteiger partial charge in [-0.15, -0.1) is 0 Å². The monoisotopic (exact) mass is 234 g/mol. The third-order valence-electron chi connectivity index (χ3n) is 2.78. The summed E-state index contributed by atoms with van der Waals surface area (Å²) in [5.41, 5.74) is 3.80. The molecule has 0 fully saturated rings. The minimum absolute atomic E-state index is 0.220. The molecule has 1 aromatic heterocycles. The van der Waals surface area contributed by atoms with E-state index in [1.165, 1.54) is 0 Å². The molecule has 1 unspecified atom stereocenters. The molecule has 3 nitrogen and oxygen atoms in total. The van der Waals surface area contributed by atoms with Gasteiger partial charge in [0, 0.05) is 12.0 Å². The Morgan fingerprint density at radius 2 is 2.18 bits per heavy atom. The highest BCUT2D eigenvalue weighted by molar-refractivity contribution is 5.28. The molecule has 0 saturated carbocycles. The van der Waals surface area contributed by atoms with Crippen LogP contribution < -0.4 is 11.3 Å². The number of furan rings is 1. The SMILES string of the molecule is Cc1cccc(C(Cc2ccco2)NN)c1F. The normalized spacial score (nSPS) is 12.6. The number of hydrazine groups is 1. The lowest BCUT2D eigenvalue weighted by atomic mass is 10.0. The first-order chi connectivity index (χ1) is 8.22. The number of nitrogens with one attached hydrogen (secondary N) is 1. The van der Waals surface area contributed by atoms with Gasteiger partial charge in [-0.25, -0.2) is 4.39 Å². The molecule has 0 aliphatic heterocycles. The molecular weight excluding hydrogens is 219 g/mol. The molecular formula is C13H15FN2O. The highest BCUT2D eigenvalue weighted by atomic mass is 19.1. The largest absolute Gasteiger partial charge is 0.469 e. The second-order valence-electron chi connectivity index (χ2n) is 3.98. The minimum Gasteiger partial charge on any atom is -0.469 e. The van der Waals surface area contributed by atoms with Gasteiger partial charge in [0.2, 0.25) is 0 Å². The molecule has 4 heteroatoms. The first kappa shape index (κ1) is 11.8. The first-order valence-corrected chi connectivity index (χ1v) is 5.46. The zero-order valence-corrected chi connectivity index (χ0v) is 9.61. The van der Waals surface area contributed by atoms with Gasteiger partial charge in [-0.05, 0) is 24.6 Å². The van der Waals surface area contributed by atoms with Crippen molar-refractivity contribution in [2.75, 3.05) is 0 Å². The van der Waals surface area contributed by atoms with Gasteiger partial charge in [0.05, 0.1) is 12.3 Å². The number of benzene rings is 1. The van der Waals surface area contributed by atoms with Crippen molar-refractivity contribution < 1.29 is 8.81 Å². The maximum absolute atomic E-state index is 13.9. The van der Waals surface area contributed by atoms with Gasteiger partial charge in [-0.1, -0.05) is 18.2 Å². The van der Waals surface area contributed by atoms with Crippen LogP contribution in [0.1, 0.15) is 22.9 Å². The Balaban J connectivity index is 2.26. The number of nitrogens with two attached hydrogens (primary N) is 1. The van der Waals surface area contributed by atoms with Crippen LogP contribution in [0.15, 0.2) is 41.0 Å². The summed E-state index contributed by atoms with van der Waals surface area (Å²) >= 11 is 0. The molecule has 0 aliphatic rings. The summed E-state index contributed by atoms with van der Waals surface area (Å²) in [6.45, 7) is 1.74. The number of hydrogen-bond donors (Lipinski definition) is 2. The Kier molecular flexibility index (Phi) is 3.56. The Morgan fingerprint density at radius 1 is 1.35 bits per heavy atom. The molecule has 0 amide bonds. The quantitative estimate of drug-likeness (QED) is 0.631. The second kappa shape index (κ2) is 5.12. The van der Waals surface area contributed by atoms with E-state index in [0.29, 0.717) is 17.5 Å². The highest BCUT2D eigenvalue weighted by Gasteiger charge is 2.17. The van der Waals surface area contributed by atoms with Gasteiger partial charge in [0.15, 0.2) is 0 Å². The summed E-state index contributed by atoms with van der Waals surface area (Å²) in [5.74, 6) is 6.03. The zero-order valence-electron chi connectivity index (χ0n) is 9.61. The molecule has 2 aromatic rings. The summed E-state index contributed by atoms with van der Waals surface area (Å²) in [7, 11) is 0. The van der Waals surface area contributed by atoms with Crippen LogP contribution in [0.3, 0.4) is 0 Å². The van der Waals surface area contributed by atoms with Gasteiger partial charge in [-0.2, -0.15) is 0 Å². The van der Waals surface area contributed by atoms with E-state index in [1.54, 1.807) is 31.4 Å². The fourth-order valence-electron chi connectivity index (χ4n) is 1.83. The summed E-state index contributed by atoms with van der Waals surface area (Å²) in [6, 6.07) is 8.64. The van der Waals surface area contributed by atoms with Crippen LogP contribution in [-0.2, 0) is 6.42 Å². The fourth-order valence-corrected chi connectivity index (χ4v) is 1.83. The number of halogens is 1. The molecule has 0 radical (unpaired) electrons. The second-order valence-corrected chi connectivity index (χ2v) is 3.98. The molecule has 0 spiro atoms. The molecule has 1 atom stereocenters. The minimum atomic E-state index is -0.291. The third kappa shape index (κ3) is 2.54. The first-order valence-electron chi connectivity index (χ1n) is 5.46. The smallest absolute Gasteiger partial charge is 0.130 e. The molecule has 2 rings (SSSR count). The maximum atomic E-state index is 13.9. The molecule has 0 bridgehead atoms. The van der Waals surface area contributed by atoms with E-state index in [-0.39, 0.29) is 11.9 Å². The summed E-state index contributed by atoms with van der Waals surface area (Å²) < 4.78 is 19.2. The Morgan fingerprint density at radius 3 is 2.82 bits per heavy atom. The van der Waals surface area contributed by atoms with Gasteiger partial charge in [-0.3, -0.25) is 11.3 Å². The van der Waals surface area contributed by atoms with Crippen molar-refractivity contribution in [1.82, 2.24) is 5.43 Å². The van der Waals surface area contributed by atoms with Crippen molar-refractivity contribution in [3.8, 4) is 0 Å². The van der Waals surface area contributed by atoms with E-state index in [4.69, 9.17) is 10.3 Å². The van der Waals surface area contributed by atoms with Crippen molar-refractivity contribution in [2.45, 2.75) is 19.4 Å². The topological polar surface area (TPSA) is 51.2 Å². The molecule has 0 saturated heterocycles. The molecule has 1 aromatic carbocycles. The van der Waals surface area contributed by atoms with Crippen LogP contribution in [0, 0.1) is 12.7 Å². The zero-order chi connectivity index (χ0) is 12.3. The van der Waals surface area contributed by atoms with Gasteiger partial charge < -0.3 is 4.42 Å². The van der Waals surface area contributed by atoms with Crippen molar-refractivity contribution in [1.29, 1.82) is 0 Å². The van der Waals surface area contributed by atoms with Crippen molar-refractivity contribution in [2.24, 2.45) is 5.84 Å². The van der Waals surface area contributed by atoms with Gasteiger partial charge in [0.25, 0.3) is 0 Å². The molecule has 17 heavy (non-hydrogen) atoms. The maximum Gasteiger partial charge on any atom is 0.130 e. The van der Waals surface area contributed by atoms with Crippen LogP contribution in [0.5, 0.6) is 0 Å². The van der Waals surface area contributed by atoms with Gasteiger partial charge in [0.1, 0.15) is 11.6 Å². The van der Waals surface area contributed by atoms with E-state index < -0.39 is 0 Å². The summed E-state index contributed by atoms with van der Waals surface area (Å²) in [4.78, 5) is 0. The number of hydrogen-bond acceptors (Lipinski definition) is 3. The summed E-state index contributed by atoms with van der Waals surface area (Å²) in [5, 5.41) is 0. The highest BCUT2D eigenvalue weighted by Crippen LogP contribution is 2.22. The molecule has 90 valence electrons. The Hall–Kier alpha value is -1.65. The standard InChI is InChI=1S/C13H15FN2O/c1-9-4-2-6-11(13(9)14)12(16-15)8-10-5-3-7-17-10/h2-7,12,16H,8,15H2,1H3. The van der Waals surface area contributed by atoms with Crippen LogP contribution >= 0.6 is 0 Å². The van der Waals surface area contributed by atoms with Crippen molar-refractivity contribution in [3.63, 3.8) is 0 Å². The van der Waals surface area contributed by atoms with Crippen LogP contribution in [0.2, 0.25) is 0 Å². The molecule has 1 heterocycles. The predicted octanol–water partition coefficient (Wildman–Crippen LogP) is 2.47. The lowest BCUT2D eigenvalue weighted by Gasteiger charge is -2.16. The Labute approximate surface area is 99.4 Å².